The van der Waals surface area contributed by atoms with E-state index in [1.807, 2.05) is 24.3 Å². The molecular weight excluding hydrogens is 517 g/mol. The van der Waals surface area contributed by atoms with Crippen molar-refractivity contribution in [2.45, 2.75) is 25.4 Å². The molecule has 1 amide bonds. The summed E-state index contributed by atoms with van der Waals surface area (Å²) in [6.45, 7) is 2.42. The Kier molecular flexibility index (Phi) is 8.50. The molecule has 0 radical (unpaired) electrons. The normalized spacial score (nSPS) is 16.2. The highest BCUT2D eigenvalue weighted by Gasteiger charge is 2.31. The van der Waals surface area contributed by atoms with Gasteiger partial charge in [0, 0.05) is 48.5 Å². The van der Waals surface area contributed by atoms with Gasteiger partial charge in [-0.3, -0.25) is 4.79 Å². The molecule has 1 saturated heterocycles. The number of ether oxygens (including phenoxy) is 1. The van der Waals surface area contributed by atoms with Crippen LogP contribution < -0.4 is 15.4 Å². The van der Waals surface area contributed by atoms with E-state index in [9.17, 15) is 18.0 Å². The first-order chi connectivity index (χ1) is 19.4. The van der Waals surface area contributed by atoms with Crippen LogP contribution in [0.2, 0.25) is 0 Å². The highest BCUT2D eigenvalue weighted by Crippen LogP contribution is 2.40. The van der Waals surface area contributed by atoms with Gasteiger partial charge in [-0.2, -0.15) is 13.2 Å². The topological polar surface area (TPSA) is 79.0 Å². The molecule has 5 rings (SSSR count). The Hall–Kier alpha value is -4.11. The lowest BCUT2D eigenvalue weighted by atomic mass is 9.88. The number of halogens is 3. The maximum absolute atomic E-state index is 13.9. The smallest absolute Gasteiger partial charge is 0.393 e. The van der Waals surface area contributed by atoms with Gasteiger partial charge < -0.3 is 20.4 Å². The number of nitrogens with one attached hydrogen (secondary N) is 3. The molecule has 1 atom stereocenters. The largest absolute Gasteiger partial charge is 0.476 e. The van der Waals surface area contributed by atoms with Gasteiger partial charge in [-0.15, -0.1) is 0 Å². The molecule has 4 aromatic rings. The third kappa shape index (κ3) is 6.90. The fraction of sp³-hybridized carbons (Fsp3) is 0.290. The van der Waals surface area contributed by atoms with Gasteiger partial charge in [0.2, 0.25) is 11.8 Å². The van der Waals surface area contributed by atoms with Crippen molar-refractivity contribution in [2.24, 2.45) is 5.92 Å². The van der Waals surface area contributed by atoms with Crippen molar-refractivity contribution in [3.63, 3.8) is 0 Å². The van der Waals surface area contributed by atoms with E-state index >= 15 is 0 Å². The Balaban J connectivity index is 1.37. The summed E-state index contributed by atoms with van der Waals surface area (Å²) in [5, 5.41) is 7.02. The molecule has 0 spiro atoms. The number of hydrogen-bond acceptors (Lipinski definition) is 4. The molecule has 2 aromatic carbocycles. The summed E-state index contributed by atoms with van der Waals surface area (Å²) in [6, 6.07) is 19.6. The van der Waals surface area contributed by atoms with Gasteiger partial charge in [0.25, 0.3) is 0 Å². The van der Waals surface area contributed by atoms with E-state index in [1.165, 1.54) is 0 Å². The molecule has 208 valence electrons. The second-order valence-corrected chi connectivity index (χ2v) is 9.84. The molecule has 1 aliphatic rings. The van der Waals surface area contributed by atoms with Gasteiger partial charge in [-0.1, -0.05) is 36.4 Å². The number of allylic oxidation sites excluding steroid dienone is 1. The zero-order valence-corrected chi connectivity index (χ0v) is 21.9. The van der Waals surface area contributed by atoms with Crippen LogP contribution in [0.1, 0.15) is 36.0 Å². The fourth-order valence-electron chi connectivity index (χ4n) is 5.06. The van der Waals surface area contributed by atoms with Crippen LogP contribution in [0.15, 0.2) is 79.1 Å². The van der Waals surface area contributed by atoms with Crippen molar-refractivity contribution in [3.8, 4) is 5.88 Å². The Labute approximate surface area is 230 Å². The number of H-pyrrole nitrogens is 1. The summed E-state index contributed by atoms with van der Waals surface area (Å²) >= 11 is 0. The number of aromatic amines is 1. The number of carbonyl (C=O) groups is 1. The van der Waals surface area contributed by atoms with E-state index in [0.717, 1.165) is 36.8 Å². The van der Waals surface area contributed by atoms with E-state index in [1.54, 1.807) is 54.9 Å². The standard InChI is InChI=1S/C31H31F3N4O2/c32-31(33,34)19-26(21-4-2-1-3-5-21)29(24-6-8-27-23(18-24)12-14-36-27)25-7-9-28(38-20-25)40-17-16-35-13-10-22-11-15-37-30(22)39/h1-9,12,14,18,20,22,35-36H,10-11,13,15-17,19H2,(H,37,39)/b29-26-. The summed E-state index contributed by atoms with van der Waals surface area (Å²) in [5.74, 6) is 0.577. The quantitative estimate of drug-likeness (QED) is 0.159. The molecule has 1 unspecified atom stereocenters. The van der Waals surface area contributed by atoms with Crippen LogP contribution in [0, 0.1) is 5.92 Å². The van der Waals surface area contributed by atoms with E-state index < -0.39 is 12.6 Å². The minimum Gasteiger partial charge on any atom is -0.476 e. The predicted molar refractivity (Wildman–Crippen MR) is 150 cm³/mol. The number of amides is 1. The number of fused-ring (bicyclic) bond motifs is 1. The molecule has 2 aromatic heterocycles. The third-order valence-electron chi connectivity index (χ3n) is 7.03. The monoisotopic (exact) mass is 548 g/mol. The summed E-state index contributed by atoms with van der Waals surface area (Å²) in [5.41, 5.74) is 3.30. The van der Waals surface area contributed by atoms with Crippen molar-refractivity contribution in [1.29, 1.82) is 0 Å². The molecule has 40 heavy (non-hydrogen) atoms. The molecule has 0 aliphatic carbocycles. The van der Waals surface area contributed by atoms with Crippen molar-refractivity contribution in [3.05, 3.63) is 95.8 Å². The number of rotatable bonds is 11. The molecule has 3 N–H and O–H groups in total. The summed E-state index contributed by atoms with van der Waals surface area (Å²) in [7, 11) is 0. The third-order valence-corrected chi connectivity index (χ3v) is 7.03. The van der Waals surface area contributed by atoms with Crippen molar-refractivity contribution in [2.75, 3.05) is 26.2 Å². The van der Waals surface area contributed by atoms with Gasteiger partial charge in [-0.05, 0) is 71.3 Å². The van der Waals surface area contributed by atoms with Gasteiger partial charge >= 0.3 is 6.18 Å². The van der Waals surface area contributed by atoms with E-state index in [4.69, 9.17) is 4.74 Å². The number of benzene rings is 2. The highest BCUT2D eigenvalue weighted by molar-refractivity contribution is 6.00. The summed E-state index contributed by atoms with van der Waals surface area (Å²) < 4.78 is 47.4. The van der Waals surface area contributed by atoms with Crippen molar-refractivity contribution >= 4 is 28.0 Å². The molecule has 1 fully saturated rings. The second-order valence-electron chi connectivity index (χ2n) is 9.84. The minimum absolute atomic E-state index is 0.0703. The molecular formula is C31H31F3N4O2. The first-order valence-corrected chi connectivity index (χ1v) is 13.4. The second kappa shape index (κ2) is 12.4. The Morgan fingerprint density at radius 2 is 1.82 bits per heavy atom. The zero-order valence-electron chi connectivity index (χ0n) is 21.9. The van der Waals surface area contributed by atoms with Crippen LogP contribution in [-0.4, -0.2) is 48.3 Å². The fourth-order valence-corrected chi connectivity index (χ4v) is 5.06. The van der Waals surface area contributed by atoms with Gasteiger partial charge in [0.15, 0.2) is 0 Å². The molecule has 0 saturated carbocycles. The SMILES string of the molecule is O=C1NCCC1CCNCCOc1ccc(/C(=C(/CC(F)(F)F)c2ccccc2)c2ccc3[nH]ccc3c2)cn1. The minimum atomic E-state index is -4.40. The van der Waals surface area contributed by atoms with Crippen molar-refractivity contribution < 1.29 is 22.7 Å². The predicted octanol–water partition coefficient (Wildman–Crippen LogP) is 5.97. The molecule has 6 nitrogen and oxygen atoms in total. The summed E-state index contributed by atoms with van der Waals surface area (Å²) in [4.78, 5) is 19.2. The number of nitrogens with zero attached hydrogens (tertiary/aromatic N) is 1. The Morgan fingerprint density at radius 1 is 1.00 bits per heavy atom. The maximum Gasteiger partial charge on any atom is 0.393 e. The van der Waals surface area contributed by atoms with E-state index in [-0.39, 0.29) is 17.4 Å². The van der Waals surface area contributed by atoms with Gasteiger partial charge in [0.05, 0.1) is 6.42 Å². The molecule has 3 heterocycles. The van der Waals surface area contributed by atoms with Crippen molar-refractivity contribution in [1.82, 2.24) is 20.6 Å². The molecule has 9 heteroatoms. The van der Waals surface area contributed by atoms with Crippen LogP contribution in [0.25, 0.3) is 22.0 Å². The van der Waals surface area contributed by atoms with Gasteiger partial charge in [0.1, 0.15) is 6.61 Å². The number of hydrogen-bond donors (Lipinski definition) is 3. The maximum atomic E-state index is 13.9. The first kappa shape index (κ1) is 27.5. The highest BCUT2D eigenvalue weighted by atomic mass is 19.4. The average molecular weight is 549 g/mol. The zero-order chi connectivity index (χ0) is 28.0. The lowest BCUT2D eigenvalue weighted by molar-refractivity contribution is -0.123. The van der Waals surface area contributed by atoms with Crippen LogP contribution in [0.3, 0.4) is 0 Å². The van der Waals surface area contributed by atoms with E-state index in [2.05, 4.69) is 20.6 Å². The molecule has 1 aliphatic heterocycles. The summed E-state index contributed by atoms with van der Waals surface area (Å²) in [6.07, 6.45) is -0.456. The lowest BCUT2D eigenvalue weighted by Crippen LogP contribution is -2.26. The number of alkyl halides is 3. The number of pyridine rings is 1. The van der Waals surface area contributed by atoms with Gasteiger partial charge in [-0.25, -0.2) is 4.98 Å². The van der Waals surface area contributed by atoms with Crippen LogP contribution >= 0.6 is 0 Å². The lowest BCUT2D eigenvalue weighted by Gasteiger charge is -2.19. The average Bonchev–Trinajstić information content (AvgIpc) is 3.59. The van der Waals surface area contributed by atoms with Crippen LogP contribution in [0.4, 0.5) is 13.2 Å². The van der Waals surface area contributed by atoms with Crippen LogP contribution in [-0.2, 0) is 4.79 Å². The number of carbonyl (C=O) groups excluding carboxylic acids is 1. The first-order valence-electron chi connectivity index (χ1n) is 13.4. The Bertz CT molecular complexity index is 1460. The van der Waals surface area contributed by atoms with E-state index in [0.29, 0.717) is 41.3 Å². The Morgan fingerprint density at radius 3 is 2.55 bits per heavy atom. The van der Waals surface area contributed by atoms with Crippen LogP contribution in [0.5, 0.6) is 5.88 Å². The molecule has 0 bridgehead atoms. The number of aromatic nitrogens is 2.